The number of aliphatic hydroxyl groups is 1. The van der Waals surface area contributed by atoms with Gasteiger partial charge in [-0.05, 0) is 51.4 Å². The largest absolute Gasteiger partial charge is 0.756 e. The van der Waals surface area contributed by atoms with E-state index in [0.29, 0.717) is 17.4 Å². The molecule has 0 fully saturated rings. The van der Waals surface area contributed by atoms with E-state index in [0.717, 1.165) is 44.9 Å². The number of allylic oxidation sites excluding steroid dienone is 5. The van der Waals surface area contributed by atoms with E-state index >= 15 is 0 Å². The fourth-order valence-electron chi connectivity index (χ4n) is 11.0. The number of nitrogens with one attached hydrogen (secondary N) is 1. The van der Waals surface area contributed by atoms with Crippen molar-refractivity contribution in [2.75, 3.05) is 40.9 Å². The number of unbranched alkanes of at least 4 members (excludes halogenated alkanes) is 50. The van der Waals surface area contributed by atoms with Crippen LogP contribution in [0.25, 0.3) is 0 Å². The molecule has 0 aromatic heterocycles. The van der Waals surface area contributed by atoms with Gasteiger partial charge in [0.15, 0.2) is 0 Å². The molecule has 0 saturated carbocycles. The molecule has 9 heteroatoms. The molecule has 0 heterocycles. The van der Waals surface area contributed by atoms with Gasteiger partial charge in [0.25, 0.3) is 7.82 Å². The Balaban J connectivity index is 3.95. The van der Waals surface area contributed by atoms with Gasteiger partial charge in [0.1, 0.15) is 13.2 Å². The minimum atomic E-state index is -4.60. The first-order valence-electron chi connectivity index (χ1n) is 35.9. The smallest absolute Gasteiger partial charge is 0.268 e. The van der Waals surface area contributed by atoms with Gasteiger partial charge in [0.2, 0.25) is 5.91 Å². The molecule has 0 bridgehead atoms. The molecule has 0 aliphatic rings. The predicted octanol–water partition coefficient (Wildman–Crippen LogP) is 22.2. The summed E-state index contributed by atoms with van der Waals surface area (Å²) < 4.78 is 23.4. The lowest BCUT2D eigenvalue weighted by Crippen LogP contribution is -2.45. The first-order valence-corrected chi connectivity index (χ1v) is 37.3. The van der Waals surface area contributed by atoms with Crippen molar-refractivity contribution in [2.45, 2.75) is 379 Å². The standard InChI is InChI=1S/C72H141N2O6P/c1-6-8-10-12-14-16-18-20-22-24-26-28-29-30-31-32-33-34-35-36-37-38-39-40-41-42-43-44-45-46-48-50-52-54-56-58-60-62-64-66-72(76)73-70(69-80-81(77,78)79-68-67-74(3,4)5)71(75)65-63-61-59-57-55-53-51-49-47-27-25-23-21-19-17-15-13-11-9-7-2/h33-34,36-37,63,65,70-71,75H,6-32,35,38-62,64,66-69H2,1-5H3,(H-,73,76,77,78)/b34-33-,37-36-,65-63+. The second-order valence-corrected chi connectivity index (χ2v) is 27.4. The maximum Gasteiger partial charge on any atom is 0.268 e. The van der Waals surface area contributed by atoms with Gasteiger partial charge in [0, 0.05) is 6.42 Å². The van der Waals surface area contributed by atoms with Crippen LogP contribution in [0.3, 0.4) is 0 Å². The van der Waals surface area contributed by atoms with Gasteiger partial charge in [0.05, 0.1) is 39.9 Å². The zero-order valence-corrected chi connectivity index (χ0v) is 55.9. The van der Waals surface area contributed by atoms with Crippen molar-refractivity contribution in [3.05, 3.63) is 36.5 Å². The first-order chi connectivity index (χ1) is 39.5. The number of carbonyl (C=O) groups is 1. The highest BCUT2D eigenvalue weighted by Crippen LogP contribution is 2.38. The molecule has 480 valence electrons. The van der Waals surface area contributed by atoms with Crippen molar-refractivity contribution >= 4 is 13.7 Å². The van der Waals surface area contributed by atoms with Crippen molar-refractivity contribution in [3.8, 4) is 0 Å². The zero-order valence-electron chi connectivity index (χ0n) is 55.0. The molecule has 2 N–H and O–H groups in total. The van der Waals surface area contributed by atoms with Gasteiger partial charge in [-0.2, -0.15) is 0 Å². The van der Waals surface area contributed by atoms with Crippen LogP contribution >= 0.6 is 7.82 Å². The van der Waals surface area contributed by atoms with Crippen LogP contribution in [-0.4, -0.2) is 68.5 Å². The summed E-state index contributed by atoms with van der Waals surface area (Å²) in [6, 6.07) is -0.887. The summed E-state index contributed by atoms with van der Waals surface area (Å²) in [6.07, 6.45) is 84.2. The van der Waals surface area contributed by atoms with E-state index in [4.69, 9.17) is 9.05 Å². The monoisotopic (exact) mass is 1160 g/mol. The third-order valence-corrected chi connectivity index (χ3v) is 17.6. The summed E-state index contributed by atoms with van der Waals surface area (Å²) in [6.45, 7) is 4.71. The Kier molecular flexibility index (Phi) is 62.2. The van der Waals surface area contributed by atoms with Crippen LogP contribution in [0.4, 0.5) is 0 Å². The van der Waals surface area contributed by atoms with Gasteiger partial charge in [-0.3, -0.25) is 9.36 Å². The Bertz CT molecular complexity index is 1410. The van der Waals surface area contributed by atoms with Gasteiger partial charge >= 0.3 is 0 Å². The topological polar surface area (TPSA) is 108 Å². The number of amides is 1. The fourth-order valence-corrected chi connectivity index (χ4v) is 11.7. The van der Waals surface area contributed by atoms with Gasteiger partial charge in [-0.15, -0.1) is 0 Å². The lowest BCUT2D eigenvalue weighted by molar-refractivity contribution is -0.870. The molecule has 0 radical (unpaired) electrons. The van der Waals surface area contributed by atoms with Crippen molar-refractivity contribution < 1.29 is 32.9 Å². The molecule has 0 saturated heterocycles. The van der Waals surface area contributed by atoms with Crippen LogP contribution in [0.1, 0.15) is 367 Å². The van der Waals surface area contributed by atoms with Crippen LogP contribution in [0, 0.1) is 0 Å². The molecule has 1 amide bonds. The van der Waals surface area contributed by atoms with Gasteiger partial charge in [-0.1, -0.05) is 346 Å². The third kappa shape index (κ3) is 66.1. The van der Waals surface area contributed by atoms with E-state index in [2.05, 4.69) is 43.5 Å². The number of carbonyl (C=O) groups excluding carboxylic acids is 1. The highest BCUT2D eigenvalue weighted by molar-refractivity contribution is 7.45. The van der Waals surface area contributed by atoms with E-state index in [9.17, 15) is 19.4 Å². The normalized spacial score (nSPS) is 13.8. The second kappa shape index (κ2) is 63.2. The number of rotatable bonds is 67. The average Bonchev–Trinajstić information content (AvgIpc) is 3.43. The maximum atomic E-state index is 13.0. The number of nitrogens with zero attached hydrogens (tertiary/aromatic N) is 1. The molecule has 3 atom stereocenters. The number of phosphoric ester groups is 1. The third-order valence-electron chi connectivity index (χ3n) is 16.6. The number of quaternary nitrogens is 1. The lowest BCUT2D eigenvalue weighted by atomic mass is 10.0. The summed E-state index contributed by atoms with van der Waals surface area (Å²) in [7, 11) is 1.28. The summed E-state index contributed by atoms with van der Waals surface area (Å²) in [5.41, 5.74) is 0. The van der Waals surface area contributed by atoms with E-state index in [1.807, 2.05) is 27.2 Å². The summed E-state index contributed by atoms with van der Waals surface area (Å²) in [4.78, 5) is 25.6. The molecule has 0 aliphatic heterocycles. The summed E-state index contributed by atoms with van der Waals surface area (Å²) in [5, 5.41) is 14.0. The SMILES string of the molecule is CCCCCCCCCCCCCCCCC/C=C\C/C=C\CCCCCCCCCCCCCCCCCCCC(=O)NC(COP(=O)([O-])OCC[N+](C)(C)C)C(O)/C=C/CCCCCCCCCCCCCCCCCCCC. The maximum absolute atomic E-state index is 13.0. The van der Waals surface area contributed by atoms with Crippen LogP contribution in [0.5, 0.6) is 0 Å². The summed E-state index contributed by atoms with van der Waals surface area (Å²) in [5.74, 6) is -0.191. The number of aliphatic hydroxyl groups excluding tert-OH is 1. The first kappa shape index (κ1) is 79.7. The van der Waals surface area contributed by atoms with Crippen LogP contribution < -0.4 is 10.2 Å². The molecule has 0 aromatic rings. The molecule has 8 nitrogen and oxygen atoms in total. The van der Waals surface area contributed by atoms with Crippen molar-refractivity contribution in [1.29, 1.82) is 0 Å². The number of likely N-dealkylation sites (N-methyl/N-ethyl adjacent to an activating group) is 1. The highest BCUT2D eigenvalue weighted by Gasteiger charge is 2.23. The van der Waals surface area contributed by atoms with E-state index in [1.165, 1.54) is 302 Å². The predicted molar refractivity (Wildman–Crippen MR) is 353 cm³/mol. The molecule has 0 aromatic carbocycles. The van der Waals surface area contributed by atoms with Gasteiger partial charge in [-0.25, -0.2) is 0 Å². The van der Waals surface area contributed by atoms with E-state index < -0.39 is 20.0 Å². The number of phosphoric acid groups is 1. The van der Waals surface area contributed by atoms with E-state index in [-0.39, 0.29) is 19.1 Å². The van der Waals surface area contributed by atoms with Crippen LogP contribution in [0.2, 0.25) is 0 Å². The molecule has 81 heavy (non-hydrogen) atoms. The van der Waals surface area contributed by atoms with Gasteiger partial charge < -0.3 is 28.8 Å². The summed E-state index contributed by atoms with van der Waals surface area (Å²) >= 11 is 0. The second-order valence-electron chi connectivity index (χ2n) is 25.9. The number of hydrogen-bond donors (Lipinski definition) is 2. The van der Waals surface area contributed by atoms with Crippen LogP contribution in [-0.2, 0) is 18.4 Å². The minimum absolute atomic E-state index is 0.000686. The van der Waals surface area contributed by atoms with Crippen molar-refractivity contribution in [3.63, 3.8) is 0 Å². The average molecular weight is 1160 g/mol. The van der Waals surface area contributed by atoms with Crippen LogP contribution in [0.15, 0.2) is 36.5 Å². The molecule has 0 rings (SSSR count). The molecular formula is C72H141N2O6P. The van der Waals surface area contributed by atoms with Crippen molar-refractivity contribution in [1.82, 2.24) is 5.32 Å². The Labute approximate surface area is 506 Å². The molecule has 0 spiro atoms. The van der Waals surface area contributed by atoms with Crippen molar-refractivity contribution in [2.24, 2.45) is 0 Å². The Hall–Kier alpha value is -1.28. The number of hydrogen-bond acceptors (Lipinski definition) is 6. The Morgan fingerprint density at radius 2 is 0.716 bits per heavy atom. The highest BCUT2D eigenvalue weighted by atomic mass is 31.2. The lowest BCUT2D eigenvalue weighted by Gasteiger charge is -2.29. The molecular weight excluding hydrogens is 1020 g/mol. The zero-order chi connectivity index (χ0) is 59.1. The Morgan fingerprint density at radius 1 is 0.432 bits per heavy atom. The quantitative estimate of drug-likeness (QED) is 0.0272. The molecule has 3 unspecified atom stereocenters. The minimum Gasteiger partial charge on any atom is -0.756 e. The Morgan fingerprint density at radius 3 is 1.02 bits per heavy atom. The fraction of sp³-hybridized carbons (Fsp3) is 0.903. The van der Waals surface area contributed by atoms with E-state index in [1.54, 1.807) is 6.08 Å². The molecule has 0 aliphatic carbocycles.